The topological polar surface area (TPSA) is 85.5 Å². The lowest BCUT2D eigenvalue weighted by molar-refractivity contribution is 0.0783. The summed E-state index contributed by atoms with van der Waals surface area (Å²) in [5.41, 5.74) is 1.53. The van der Waals surface area contributed by atoms with Crippen molar-refractivity contribution in [1.29, 1.82) is 0 Å². The Hall–Kier alpha value is -1.90. The number of fused-ring (bicyclic) bond motifs is 1. The molecule has 2 aromatic rings. The molecule has 2 heterocycles. The Kier molecular flexibility index (Phi) is 5.09. The fourth-order valence-electron chi connectivity index (χ4n) is 3.46. The minimum absolute atomic E-state index is 0.0706. The van der Waals surface area contributed by atoms with Gasteiger partial charge in [-0.2, -0.15) is 17.4 Å². The summed E-state index contributed by atoms with van der Waals surface area (Å²) >= 11 is 0. The van der Waals surface area contributed by atoms with E-state index in [9.17, 15) is 13.2 Å². The molecular weight excluding hydrogens is 352 g/mol. The molecule has 1 aromatic carbocycles. The first-order chi connectivity index (χ1) is 12.2. The lowest BCUT2D eigenvalue weighted by Gasteiger charge is -2.24. The Bertz CT molecular complexity index is 904. The van der Waals surface area contributed by atoms with E-state index in [0.29, 0.717) is 18.7 Å². The van der Waals surface area contributed by atoms with Gasteiger partial charge in [-0.3, -0.25) is 4.79 Å². The normalized spacial score (nSPS) is 21.2. The average molecular weight is 378 g/mol. The molecule has 0 bridgehead atoms. The molecule has 2 N–H and O–H groups in total. The van der Waals surface area contributed by atoms with Crippen molar-refractivity contribution in [2.75, 3.05) is 27.2 Å². The van der Waals surface area contributed by atoms with Crippen LogP contribution >= 0.6 is 0 Å². The number of aromatic amines is 1. The number of amides is 1. The molecule has 142 valence electrons. The molecule has 1 amide bonds. The maximum Gasteiger partial charge on any atom is 0.279 e. The van der Waals surface area contributed by atoms with Crippen LogP contribution in [0.2, 0.25) is 0 Å². The third-order valence-electron chi connectivity index (χ3n) is 5.09. The first kappa shape index (κ1) is 18.9. The molecule has 0 unspecified atom stereocenters. The van der Waals surface area contributed by atoms with Crippen molar-refractivity contribution in [3.05, 3.63) is 36.0 Å². The molecular formula is C18H26N4O3S. The quantitative estimate of drug-likeness (QED) is 0.830. The van der Waals surface area contributed by atoms with E-state index in [-0.39, 0.29) is 23.8 Å². The largest absolute Gasteiger partial charge is 0.361 e. The van der Waals surface area contributed by atoms with Crippen LogP contribution < -0.4 is 4.72 Å². The summed E-state index contributed by atoms with van der Waals surface area (Å²) in [4.78, 5) is 17.8. The number of rotatable bonds is 5. The van der Waals surface area contributed by atoms with Gasteiger partial charge in [-0.05, 0) is 35.4 Å². The molecule has 7 nitrogen and oxygen atoms in total. The number of H-pyrrole nitrogens is 1. The smallest absolute Gasteiger partial charge is 0.279 e. The highest BCUT2D eigenvalue weighted by molar-refractivity contribution is 7.87. The standard InChI is InChI=1S/C18H26N4O3S/c1-12(2)15-10-22(11-17(15)20-26(24,25)21(3)4)18(23)14-6-5-13-7-8-19-16(13)9-14/h5-9,12,15,17,19-20H,10-11H2,1-4H3/t15-,17+/m0/s1. The van der Waals surface area contributed by atoms with Gasteiger partial charge < -0.3 is 9.88 Å². The van der Waals surface area contributed by atoms with E-state index in [1.54, 1.807) is 4.90 Å². The van der Waals surface area contributed by atoms with Crippen LogP contribution in [-0.2, 0) is 10.2 Å². The summed E-state index contributed by atoms with van der Waals surface area (Å²) in [6.45, 7) is 5.03. The molecule has 1 fully saturated rings. The molecule has 0 radical (unpaired) electrons. The third kappa shape index (κ3) is 3.62. The second-order valence-corrected chi connectivity index (χ2v) is 9.33. The molecule has 0 saturated carbocycles. The van der Waals surface area contributed by atoms with E-state index in [1.165, 1.54) is 14.1 Å². The summed E-state index contributed by atoms with van der Waals surface area (Å²) in [6.07, 6.45) is 1.84. The van der Waals surface area contributed by atoms with Crippen LogP contribution in [0.1, 0.15) is 24.2 Å². The zero-order valence-electron chi connectivity index (χ0n) is 15.6. The lowest BCUT2D eigenvalue weighted by atomic mass is 9.92. The van der Waals surface area contributed by atoms with Crippen molar-refractivity contribution in [3.8, 4) is 0 Å². The summed E-state index contributed by atoms with van der Waals surface area (Å²) in [7, 11) is -0.550. The van der Waals surface area contributed by atoms with Crippen molar-refractivity contribution >= 4 is 27.0 Å². The van der Waals surface area contributed by atoms with E-state index >= 15 is 0 Å². The van der Waals surface area contributed by atoms with Crippen LogP contribution in [0.3, 0.4) is 0 Å². The molecule has 2 atom stereocenters. The van der Waals surface area contributed by atoms with E-state index in [2.05, 4.69) is 23.6 Å². The molecule has 8 heteroatoms. The summed E-state index contributed by atoms with van der Waals surface area (Å²) in [6, 6.07) is 7.25. The second-order valence-electron chi connectivity index (χ2n) is 7.41. The van der Waals surface area contributed by atoms with Crippen LogP contribution in [0.15, 0.2) is 30.5 Å². The number of likely N-dealkylation sites (tertiary alicyclic amines) is 1. The Morgan fingerprint density at radius 2 is 2.00 bits per heavy atom. The number of nitrogens with one attached hydrogen (secondary N) is 2. The predicted molar refractivity (Wildman–Crippen MR) is 102 cm³/mol. The Morgan fingerprint density at radius 1 is 1.27 bits per heavy atom. The number of benzene rings is 1. The number of aromatic nitrogens is 1. The molecule has 1 aliphatic rings. The van der Waals surface area contributed by atoms with Crippen LogP contribution in [-0.4, -0.2) is 61.7 Å². The number of hydrogen-bond acceptors (Lipinski definition) is 3. The van der Waals surface area contributed by atoms with Gasteiger partial charge in [0.25, 0.3) is 16.1 Å². The first-order valence-electron chi connectivity index (χ1n) is 8.75. The van der Waals surface area contributed by atoms with Gasteiger partial charge in [0.1, 0.15) is 0 Å². The maximum absolute atomic E-state index is 13.0. The molecule has 26 heavy (non-hydrogen) atoms. The first-order valence-corrected chi connectivity index (χ1v) is 10.2. The van der Waals surface area contributed by atoms with Crippen LogP contribution in [0.5, 0.6) is 0 Å². The van der Waals surface area contributed by atoms with Gasteiger partial charge in [0.05, 0.1) is 0 Å². The minimum atomic E-state index is -3.54. The van der Waals surface area contributed by atoms with Gasteiger partial charge in [0, 0.05) is 50.5 Å². The number of hydrogen-bond donors (Lipinski definition) is 2. The molecule has 1 saturated heterocycles. The summed E-state index contributed by atoms with van der Waals surface area (Å²) < 4.78 is 28.4. The fourth-order valence-corrected chi connectivity index (χ4v) is 4.30. The second kappa shape index (κ2) is 7.02. The van der Waals surface area contributed by atoms with Crippen LogP contribution in [0.4, 0.5) is 0 Å². The van der Waals surface area contributed by atoms with E-state index in [1.807, 2.05) is 30.5 Å². The molecule has 3 rings (SSSR count). The van der Waals surface area contributed by atoms with E-state index in [0.717, 1.165) is 15.2 Å². The Labute approximate surface area is 154 Å². The van der Waals surface area contributed by atoms with E-state index in [4.69, 9.17) is 0 Å². The minimum Gasteiger partial charge on any atom is -0.361 e. The van der Waals surface area contributed by atoms with Gasteiger partial charge in [-0.25, -0.2) is 0 Å². The zero-order valence-corrected chi connectivity index (χ0v) is 16.4. The van der Waals surface area contributed by atoms with Crippen molar-refractivity contribution in [1.82, 2.24) is 18.9 Å². The number of carbonyl (C=O) groups is 1. The fraction of sp³-hybridized carbons (Fsp3) is 0.500. The van der Waals surface area contributed by atoms with Gasteiger partial charge in [-0.15, -0.1) is 0 Å². The van der Waals surface area contributed by atoms with E-state index < -0.39 is 10.2 Å². The van der Waals surface area contributed by atoms with Gasteiger partial charge in [0.15, 0.2) is 0 Å². The van der Waals surface area contributed by atoms with Gasteiger partial charge in [0.2, 0.25) is 0 Å². The van der Waals surface area contributed by atoms with Gasteiger partial charge in [-0.1, -0.05) is 19.9 Å². The SMILES string of the molecule is CC(C)[C@@H]1CN(C(=O)c2ccc3cc[nH]c3c2)C[C@H]1NS(=O)(=O)N(C)C. The lowest BCUT2D eigenvalue weighted by Crippen LogP contribution is -2.46. The van der Waals surface area contributed by atoms with Crippen LogP contribution in [0, 0.1) is 11.8 Å². The maximum atomic E-state index is 13.0. The highest BCUT2D eigenvalue weighted by atomic mass is 32.2. The molecule has 1 aliphatic heterocycles. The summed E-state index contributed by atoms with van der Waals surface area (Å²) in [5, 5.41) is 1.06. The Morgan fingerprint density at radius 3 is 2.65 bits per heavy atom. The third-order valence-corrected chi connectivity index (χ3v) is 6.65. The van der Waals surface area contributed by atoms with Crippen LogP contribution in [0.25, 0.3) is 10.9 Å². The van der Waals surface area contributed by atoms with Gasteiger partial charge >= 0.3 is 0 Å². The van der Waals surface area contributed by atoms with Crippen molar-refractivity contribution in [3.63, 3.8) is 0 Å². The Balaban J connectivity index is 1.81. The highest BCUT2D eigenvalue weighted by Gasteiger charge is 2.39. The highest BCUT2D eigenvalue weighted by Crippen LogP contribution is 2.27. The van der Waals surface area contributed by atoms with Crippen molar-refractivity contribution < 1.29 is 13.2 Å². The summed E-state index contributed by atoms with van der Waals surface area (Å²) in [5.74, 6) is 0.259. The predicted octanol–water partition coefficient (Wildman–Crippen LogP) is 1.66. The average Bonchev–Trinajstić information content (AvgIpc) is 3.19. The molecule has 0 spiro atoms. The van der Waals surface area contributed by atoms with Crippen molar-refractivity contribution in [2.45, 2.75) is 19.9 Å². The molecule has 0 aliphatic carbocycles. The molecule has 1 aromatic heterocycles. The van der Waals surface area contributed by atoms with Crippen molar-refractivity contribution in [2.24, 2.45) is 11.8 Å². The zero-order chi connectivity index (χ0) is 19.1. The number of carbonyl (C=O) groups excluding carboxylic acids is 1. The monoisotopic (exact) mass is 378 g/mol. The number of nitrogens with zero attached hydrogens (tertiary/aromatic N) is 2.